The highest BCUT2D eigenvalue weighted by atomic mass is 16.6. The SMILES string of the molecule is CC(C)(C)OC(=O)N1CCC(C(=O)N(CCCN2CCC(Cc3ccccc3)CC2)Cc2ccccc2)CC1. The molecule has 0 aliphatic carbocycles. The van der Waals surface area contributed by atoms with E-state index in [0.717, 1.165) is 38.5 Å². The van der Waals surface area contributed by atoms with Crippen molar-refractivity contribution in [2.75, 3.05) is 39.3 Å². The Hall–Kier alpha value is -2.86. The van der Waals surface area contributed by atoms with Crippen molar-refractivity contribution in [1.82, 2.24) is 14.7 Å². The molecule has 2 saturated heterocycles. The van der Waals surface area contributed by atoms with Crippen LogP contribution in [0.5, 0.6) is 0 Å². The predicted octanol–water partition coefficient (Wildman–Crippen LogP) is 6.01. The Morgan fingerprint density at radius 2 is 1.44 bits per heavy atom. The van der Waals surface area contributed by atoms with Crippen molar-refractivity contribution >= 4 is 12.0 Å². The van der Waals surface area contributed by atoms with Crippen LogP contribution in [0.4, 0.5) is 4.79 Å². The van der Waals surface area contributed by atoms with Crippen molar-refractivity contribution in [2.45, 2.75) is 71.4 Å². The van der Waals surface area contributed by atoms with E-state index >= 15 is 0 Å². The minimum atomic E-state index is -0.507. The summed E-state index contributed by atoms with van der Waals surface area (Å²) >= 11 is 0. The van der Waals surface area contributed by atoms with Gasteiger partial charge in [-0.2, -0.15) is 0 Å². The van der Waals surface area contributed by atoms with Crippen LogP contribution in [0.1, 0.15) is 64.0 Å². The minimum Gasteiger partial charge on any atom is -0.444 e. The summed E-state index contributed by atoms with van der Waals surface area (Å²) in [6.07, 6.45) is 5.77. The molecule has 0 atom stereocenters. The number of nitrogens with zero attached hydrogens (tertiary/aromatic N) is 3. The first kappa shape index (κ1) is 29.1. The van der Waals surface area contributed by atoms with Crippen LogP contribution in [0.3, 0.4) is 0 Å². The number of likely N-dealkylation sites (tertiary alicyclic amines) is 2. The van der Waals surface area contributed by atoms with Gasteiger partial charge in [0.2, 0.25) is 5.91 Å². The minimum absolute atomic E-state index is 0.0406. The topological polar surface area (TPSA) is 53.1 Å². The number of ether oxygens (including phenoxy) is 1. The first-order chi connectivity index (χ1) is 18.8. The number of piperidine rings is 2. The van der Waals surface area contributed by atoms with Gasteiger partial charge in [-0.1, -0.05) is 60.7 Å². The molecule has 6 heteroatoms. The Bertz CT molecular complexity index is 1020. The van der Waals surface area contributed by atoms with Gasteiger partial charge >= 0.3 is 6.09 Å². The molecule has 0 spiro atoms. The molecule has 0 unspecified atom stereocenters. The summed E-state index contributed by atoms with van der Waals surface area (Å²) in [6.45, 7) is 11.5. The quantitative estimate of drug-likeness (QED) is 0.396. The molecule has 6 nitrogen and oxygen atoms in total. The van der Waals surface area contributed by atoms with Gasteiger partial charge in [-0.3, -0.25) is 4.79 Å². The largest absolute Gasteiger partial charge is 0.444 e. The molecule has 2 heterocycles. The number of hydrogen-bond donors (Lipinski definition) is 0. The summed E-state index contributed by atoms with van der Waals surface area (Å²) in [5.41, 5.74) is 2.11. The smallest absolute Gasteiger partial charge is 0.410 e. The molecule has 2 aromatic rings. The van der Waals surface area contributed by atoms with Crippen molar-refractivity contribution in [3.63, 3.8) is 0 Å². The van der Waals surface area contributed by atoms with E-state index in [9.17, 15) is 9.59 Å². The predicted molar refractivity (Wildman–Crippen MR) is 156 cm³/mol. The summed E-state index contributed by atoms with van der Waals surface area (Å²) < 4.78 is 5.53. The summed E-state index contributed by atoms with van der Waals surface area (Å²) in [7, 11) is 0. The zero-order chi connectivity index (χ0) is 27.7. The van der Waals surface area contributed by atoms with E-state index in [2.05, 4.69) is 52.3 Å². The second-order valence-electron chi connectivity index (χ2n) is 12.3. The molecule has 2 aliphatic rings. The maximum Gasteiger partial charge on any atom is 0.410 e. The highest BCUT2D eigenvalue weighted by molar-refractivity contribution is 5.79. The summed E-state index contributed by atoms with van der Waals surface area (Å²) in [6, 6.07) is 21.1. The lowest BCUT2D eigenvalue weighted by molar-refractivity contribution is -0.137. The number of rotatable bonds is 9. The average molecular weight is 534 g/mol. The van der Waals surface area contributed by atoms with Crippen molar-refractivity contribution < 1.29 is 14.3 Å². The Morgan fingerprint density at radius 1 is 0.846 bits per heavy atom. The van der Waals surface area contributed by atoms with Gasteiger partial charge in [0, 0.05) is 32.1 Å². The lowest BCUT2D eigenvalue weighted by Gasteiger charge is -2.36. The molecule has 0 bridgehead atoms. The van der Waals surface area contributed by atoms with Gasteiger partial charge < -0.3 is 19.4 Å². The van der Waals surface area contributed by atoms with Crippen LogP contribution in [0.15, 0.2) is 60.7 Å². The zero-order valence-corrected chi connectivity index (χ0v) is 24.2. The molecule has 2 aromatic carbocycles. The van der Waals surface area contributed by atoms with E-state index in [0.29, 0.717) is 32.5 Å². The van der Waals surface area contributed by atoms with Gasteiger partial charge in [0.05, 0.1) is 0 Å². The van der Waals surface area contributed by atoms with E-state index in [1.807, 2.05) is 39.0 Å². The third-order valence-electron chi connectivity index (χ3n) is 8.00. The summed E-state index contributed by atoms with van der Waals surface area (Å²) in [4.78, 5) is 32.5. The Morgan fingerprint density at radius 3 is 2.03 bits per heavy atom. The molecule has 2 amide bonds. The molecule has 0 saturated carbocycles. The van der Waals surface area contributed by atoms with Crippen molar-refractivity contribution in [2.24, 2.45) is 11.8 Å². The lowest BCUT2D eigenvalue weighted by atomic mass is 9.90. The number of amides is 2. The molecule has 0 radical (unpaired) electrons. The van der Waals surface area contributed by atoms with Crippen LogP contribution < -0.4 is 0 Å². The Kier molecular flexibility index (Phi) is 10.4. The van der Waals surface area contributed by atoms with Gasteiger partial charge in [0.15, 0.2) is 0 Å². The fraction of sp³-hybridized carbons (Fsp3) is 0.576. The third-order valence-corrected chi connectivity index (χ3v) is 8.00. The van der Waals surface area contributed by atoms with Gasteiger partial charge in [0.25, 0.3) is 0 Å². The van der Waals surface area contributed by atoms with E-state index in [-0.39, 0.29) is 17.9 Å². The summed E-state index contributed by atoms with van der Waals surface area (Å²) in [5, 5.41) is 0. The first-order valence-corrected chi connectivity index (χ1v) is 14.8. The number of benzene rings is 2. The van der Waals surface area contributed by atoms with Crippen LogP contribution in [0, 0.1) is 11.8 Å². The van der Waals surface area contributed by atoms with Crippen LogP contribution in [0.2, 0.25) is 0 Å². The fourth-order valence-corrected chi connectivity index (χ4v) is 5.81. The van der Waals surface area contributed by atoms with Crippen molar-refractivity contribution in [3.05, 3.63) is 71.8 Å². The molecule has 2 aliphatic heterocycles. The number of hydrogen-bond acceptors (Lipinski definition) is 4. The van der Waals surface area contributed by atoms with E-state index in [4.69, 9.17) is 4.74 Å². The van der Waals surface area contributed by atoms with Crippen LogP contribution in [-0.2, 0) is 22.5 Å². The molecule has 4 rings (SSSR count). The molecule has 212 valence electrons. The Labute approximate surface area is 235 Å². The highest BCUT2D eigenvalue weighted by Crippen LogP contribution is 2.24. The van der Waals surface area contributed by atoms with Gasteiger partial charge in [-0.05, 0) is 96.0 Å². The second kappa shape index (κ2) is 14.0. The van der Waals surface area contributed by atoms with Crippen LogP contribution in [-0.4, -0.2) is 71.6 Å². The average Bonchev–Trinajstić information content (AvgIpc) is 2.93. The van der Waals surface area contributed by atoms with Gasteiger partial charge in [-0.25, -0.2) is 4.79 Å². The molecule has 0 N–H and O–H groups in total. The maximum atomic E-state index is 13.7. The lowest BCUT2D eigenvalue weighted by Crippen LogP contribution is -2.46. The molecule has 2 fully saturated rings. The van der Waals surface area contributed by atoms with Crippen molar-refractivity contribution in [3.8, 4) is 0 Å². The van der Waals surface area contributed by atoms with Gasteiger partial charge in [0.1, 0.15) is 5.60 Å². The Balaban J connectivity index is 1.25. The molecule has 0 aromatic heterocycles. The molecular formula is C33H47N3O3. The number of carbonyl (C=O) groups is 2. The maximum absolute atomic E-state index is 13.7. The van der Waals surface area contributed by atoms with E-state index < -0.39 is 5.60 Å². The summed E-state index contributed by atoms with van der Waals surface area (Å²) in [5.74, 6) is 0.955. The van der Waals surface area contributed by atoms with Crippen LogP contribution >= 0.6 is 0 Å². The molecule has 39 heavy (non-hydrogen) atoms. The highest BCUT2D eigenvalue weighted by Gasteiger charge is 2.32. The van der Waals surface area contributed by atoms with Crippen LogP contribution in [0.25, 0.3) is 0 Å². The van der Waals surface area contributed by atoms with E-state index in [1.54, 1.807) is 4.90 Å². The zero-order valence-electron chi connectivity index (χ0n) is 24.2. The standard InChI is InChI=1S/C33H47N3O3/c1-33(2,3)39-32(38)35-23-17-30(18-24-35)31(37)36(26-29-13-8-5-9-14-29)20-10-19-34-21-15-28(16-22-34)25-27-11-6-4-7-12-27/h4-9,11-14,28,30H,10,15-26H2,1-3H3. The first-order valence-electron chi connectivity index (χ1n) is 14.8. The number of carbonyl (C=O) groups excluding carboxylic acids is 2. The fourth-order valence-electron chi connectivity index (χ4n) is 5.81. The van der Waals surface area contributed by atoms with Crippen molar-refractivity contribution in [1.29, 1.82) is 0 Å². The second-order valence-corrected chi connectivity index (χ2v) is 12.3. The normalized spacial score (nSPS) is 17.7. The van der Waals surface area contributed by atoms with Gasteiger partial charge in [-0.15, -0.1) is 0 Å². The van der Waals surface area contributed by atoms with E-state index in [1.165, 1.54) is 30.4 Å². The third kappa shape index (κ3) is 9.38. The molecular weight excluding hydrogens is 486 g/mol. The monoisotopic (exact) mass is 533 g/mol.